The smallest absolute Gasteiger partial charge is 0.320 e. The number of anilines is 1. The summed E-state index contributed by atoms with van der Waals surface area (Å²) in [6.07, 6.45) is 0. The largest absolute Gasteiger partial charge is 0.480 e. The molecule has 1 aromatic carbocycles. The van der Waals surface area contributed by atoms with Crippen LogP contribution in [-0.2, 0) is 26.2 Å². The Kier molecular flexibility index (Phi) is 5.02. The van der Waals surface area contributed by atoms with Crippen LogP contribution in [0.1, 0.15) is 12.5 Å². The predicted octanol–water partition coefficient (Wildman–Crippen LogP) is 0.149. The molecule has 0 fully saturated rings. The molecule has 0 heterocycles. The lowest BCUT2D eigenvalue weighted by atomic mass is 10.2. The standard InChI is InChI=1S/C11H14N2O5S/c1-8(14)13-10-4-2-9(3-5-10)6-12-19(17,18)7-11(15)16/h2-5,12H,6-7H2,1H3,(H,13,14)(H,15,16). The quantitative estimate of drug-likeness (QED) is 0.689. The third-order valence-corrected chi connectivity index (χ3v) is 3.30. The van der Waals surface area contributed by atoms with E-state index in [1.54, 1.807) is 24.3 Å². The number of carboxylic acid groups (broad SMARTS) is 1. The molecule has 0 atom stereocenters. The monoisotopic (exact) mass is 286 g/mol. The van der Waals surface area contributed by atoms with Gasteiger partial charge in [-0.1, -0.05) is 12.1 Å². The van der Waals surface area contributed by atoms with Crippen molar-refractivity contribution in [1.29, 1.82) is 0 Å². The van der Waals surface area contributed by atoms with Gasteiger partial charge < -0.3 is 10.4 Å². The van der Waals surface area contributed by atoms with Crippen molar-refractivity contribution >= 4 is 27.6 Å². The van der Waals surface area contributed by atoms with Gasteiger partial charge in [0.15, 0.2) is 5.75 Å². The summed E-state index contributed by atoms with van der Waals surface area (Å²) in [5.74, 6) is -2.57. The Morgan fingerprint density at radius 2 is 1.79 bits per heavy atom. The first kappa shape index (κ1) is 15.1. The van der Waals surface area contributed by atoms with Crippen LogP contribution in [0.5, 0.6) is 0 Å². The molecule has 1 aromatic rings. The van der Waals surface area contributed by atoms with E-state index in [0.29, 0.717) is 11.3 Å². The highest BCUT2D eigenvalue weighted by Gasteiger charge is 2.14. The number of benzene rings is 1. The van der Waals surface area contributed by atoms with E-state index < -0.39 is 21.7 Å². The summed E-state index contributed by atoms with van der Waals surface area (Å²) in [4.78, 5) is 21.1. The Bertz CT molecular complexity index is 565. The minimum absolute atomic E-state index is 0.00400. The lowest BCUT2D eigenvalue weighted by molar-refractivity contribution is -0.134. The van der Waals surface area contributed by atoms with Gasteiger partial charge in [0.25, 0.3) is 0 Å². The number of hydrogen-bond donors (Lipinski definition) is 3. The topological polar surface area (TPSA) is 113 Å². The number of sulfonamides is 1. The Balaban J connectivity index is 2.59. The van der Waals surface area contributed by atoms with Gasteiger partial charge in [-0.25, -0.2) is 13.1 Å². The molecule has 0 aliphatic heterocycles. The third-order valence-electron chi connectivity index (χ3n) is 2.08. The zero-order valence-corrected chi connectivity index (χ0v) is 11.0. The molecule has 3 N–H and O–H groups in total. The van der Waals surface area contributed by atoms with Crippen LogP contribution in [0.3, 0.4) is 0 Å². The average Bonchev–Trinajstić information content (AvgIpc) is 2.25. The predicted molar refractivity (Wildman–Crippen MR) is 69.0 cm³/mol. The Hall–Kier alpha value is -1.93. The van der Waals surface area contributed by atoms with Crippen molar-refractivity contribution < 1.29 is 23.1 Å². The van der Waals surface area contributed by atoms with Gasteiger partial charge in [-0.05, 0) is 17.7 Å². The maximum absolute atomic E-state index is 11.3. The van der Waals surface area contributed by atoms with E-state index in [1.165, 1.54) is 6.92 Å². The summed E-state index contributed by atoms with van der Waals surface area (Å²) in [5.41, 5.74) is 1.26. The van der Waals surface area contributed by atoms with Gasteiger partial charge in [0.1, 0.15) is 0 Å². The van der Waals surface area contributed by atoms with Crippen molar-refractivity contribution in [3.05, 3.63) is 29.8 Å². The maximum atomic E-state index is 11.3. The Labute approximate surface area is 110 Å². The molecule has 7 nitrogen and oxygen atoms in total. The average molecular weight is 286 g/mol. The van der Waals surface area contributed by atoms with Gasteiger partial charge in [0.2, 0.25) is 15.9 Å². The molecule has 0 aromatic heterocycles. The number of aliphatic carboxylic acids is 1. The molecule has 0 bridgehead atoms. The van der Waals surface area contributed by atoms with Gasteiger partial charge in [0.05, 0.1) is 0 Å². The summed E-state index contributed by atoms with van der Waals surface area (Å²) >= 11 is 0. The second-order valence-corrected chi connectivity index (χ2v) is 5.66. The SMILES string of the molecule is CC(=O)Nc1ccc(CNS(=O)(=O)CC(=O)O)cc1. The summed E-state index contributed by atoms with van der Waals surface area (Å²) < 4.78 is 24.7. The van der Waals surface area contributed by atoms with E-state index in [2.05, 4.69) is 10.0 Å². The number of carboxylic acids is 1. The second kappa shape index (κ2) is 6.30. The van der Waals surface area contributed by atoms with Crippen LogP contribution in [-0.4, -0.2) is 31.2 Å². The molecule has 0 aliphatic carbocycles. The summed E-state index contributed by atoms with van der Waals surface area (Å²) in [5, 5.41) is 11.0. The van der Waals surface area contributed by atoms with Crippen molar-refractivity contribution in [2.75, 3.05) is 11.1 Å². The Morgan fingerprint density at radius 3 is 2.26 bits per heavy atom. The molecule has 0 aliphatic rings. The van der Waals surface area contributed by atoms with Crippen molar-refractivity contribution in [2.24, 2.45) is 0 Å². The first-order valence-corrected chi connectivity index (χ1v) is 6.99. The van der Waals surface area contributed by atoms with Crippen molar-refractivity contribution in [1.82, 2.24) is 4.72 Å². The van der Waals surface area contributed by atoms with Crippen LogP contribution in [0, 0.1) is 0 Å². The van der Waals surface area contributed by atoms with E-state index >= 15 is 0 Å². The van der Waals surface area contributed by atoms with Gasteiger partial charge in [-0.3, -0.25) is 9.59 Å². The van der Waals surface area contributed by atoms with E-state index in [4.69, 9.17) is 5.11 Å². The zero-order valence-electron chi connectivity index (χ0n) is 10.2. The molecule has 104 valence electrons. The summed E-state index contributed by atoms with van der Waals surface area (Å²) in [6.45, 7) is 1.38. The maximum Gasteiger partial charge on any atom is 0.320 e. The number of carbonyl (C=O) groups excluding carboxylic acids is 1. The van der Waals surface area contributed by atoms with Crippen LogP contribution in [0.25, 0.3) is 0 Å². The first-order chi connectivity index (χ1) is 8.78. The third kappa shape index (κ3) is 5.98. The molecule has 8 heteroatoms. The molecule has 0 spiro atoms. The van der Waals surface area contributed by atoms with Crippen molar-refractivity contribution in [3.8, 4) is 0 Å². The fraction of sp³-hybridized carbons (Fsp3) is 0.273. The summed E-state index contributed by atoms with van der Waals surface area (Å²) in [6, 6.07) is 6.52. The molecule has 0 saturated heterocycles. The van der Waals surface area contributed by atoms with E-state index in [9.17, 15) is 18.0 Å². The van der Waals surface area contributed by atoms with Gasteiger partial charge in [-0.15, -0.1) is 0 Å². The highest BCUT2D eigenvalue weighted by Crippen LogP contribution is 2.09. The molecule has 1 amide bonds. The summed E-state index contributed by atoms with van der Waals surface area (Å²) in [7, 11) is -3.83. The highest BCUT2D eigenvalue weighted by molar-refractivity contribution is 7.90. The first-order valence-electron chi connectivity index (χ1n) is 5.34. The number of amides is 1. The van der Waals surface area contributed by atoms with Crippen molar-refractivity contribution in [2.45, 2.75) is 13.5 Å². The van der Waals surface area contributed by atoms with Crippen LogP contribution in [0.2, 0.25) is 0 Å². The van der Waals surface area contributed by atoms with Gasteiger partial charge >= 0.3 is 5.97 Å². The van der Waals surface area contributed by atoms with Gasteiger partial charge in [0, 0.05) is 19.2 Å². The number of rotatable bonds is 6. The van der Waals surface area contributed by atoms with Gasteiger partial charge in [-0.2, -0.15) is 0 Å². The van der Waals surface area contributed by atoms with E-state index in [-0.39, 0.29) is 12.5 Å². The second-order valence-electron chi connectivity index (χ2n) is 3.85. The van der Waals surface area contributed by atoms with Crippen LogP contribution >= 0.6 is 0 Å². The normalized spacial score (nSPS) is 11.0. The zero-order chi connectivity index (χ0) is 14.5. The molecule has 19 heavy (non-hydrogen) atoms. The molecule has 1 rings (SSSR count). The minimum atomic E-state index is -3.83. The van der Waals surface area contributed by atoms with Crippen LogP contribution in [0.4, 0.5) is 5.69 Å². The fourth-order valence-electron chi connectivity index (χ4n) is 1.32. The fourth-order valence-corrected chi connectivity index (χ4v) is 2.13. The van der Waals surface area contributed by atoms with Crippen LogP contribution in [0.15, 0.2) is 24.3 Å². The minimum Gasteiger partial charge on any atom is -0.480 e. The lowest BCUT2D eigenvalue weighted by Gasteiger charge is -2.06. The lowest BCUT2D eigenvalue weighted by Crippen LogP contribution is -2.29. The molecule has 0 unspecified atom stereocenters. The van der Waals surface area contributed by atoms with E-state index in [0.717, 1.165) is 0 Å². The molecular weight excluding hydrogens is 272 g/mol. The molecule has 0 radical (unpaired) electrons. The molecule has 0 saturated carbocycles. The molecular formula is C11H14N2O5S. The van der Waals surface area contributed by atoms with Crippen LogP contribution < -0.4 is 10.0 Å². The van der Waals surface area contributed by atoms with E-state index in [1.807, 2.05) is 0 Å². The number of hydrogen-bond acceptors (Lipinski definition) is 4. The number of nitrogens with one attached hydrogen (secondary N) is 2. The Morgan fingerprint density at radius 1 is 1.21 bits per heavy atom. The number of carbonyl (C=O) groups is 2. The van der Waals surface area contributed by atoms with Crippen molar-refractivity contribution in [3.63, 3.8) is 0 Å². The highest BCUT2D eigenvalue weighted by atomic mass is 32.2.